The highest BCUT2D eigenvalue weighted by Gasteiger charge is 2.15. The van der Waals surface area contributed by atoms with Crippen molar-refractivity contribution in [3.63, 3.8) is 0 Å². The van der Waals surface area contributed by atoms with Crippen molar-refractivity contribution in [2.75, 3.05) is 17.3 Å². The third kappa shape index (κ3) is 3.73. The summed E-state index contributed by atoms with van der Waals surface area (Å²) < 4.78 is 0. The van der Waals surface area contributed by atoms with Gasteiger partial charge < -0.3 is 10.2 Å². The maximum absolute atomic E-state index is 12.6. The zero-order chi connectivity index (χ0) is 16.9. The van der Waals surface area contributed by atoms with E-state index in [1.54, 1.807) is 30.3 Å². The van der Waals surface area contributed by atoms with Crippen LogP contribution in [0.15, 0.2) is 72.9 Å². The maximum atomic E-state index is 12.6. The lowest BCUT2D eigenvalue weighted by molar-refractivity contribution is 0.0988. The van der Waals surface area contributed by atoms with Gasteiger partial charge >= 0.3 is 0 Å². The van der Waals surface area contributed by atoms with Gasteiger partial charge in [-0.3, -0.25) is 9.78 Å². The largest absolute Gasteiger partial charge is 0.355 e. The van der Waals surface area contributed by atoms with Crippen molar-refractivity contribution in [3.8, 4) is 0 Å². The molecule has 0 unspecified atom stereocenters. The van der Waals surface area contributed by atoms with Crippen LogP contribution in [0.1, 0.15) is 10.5 Å². The van der Waals surface area contributed by atoms with Crippen LogP contribution < -0.4 is 10.2 Å². The normalized spacial score (nSPS) is 10.2. The Kier molecular flexibility index (Phi) is 4.77. The molecule has 0 fully saturated rings. The topological polar surface area (TPSA) is 45.2 Å². The van der Waals surface area contributed by atoms with E-state index in [2.05, 4.69) is 10.3 Å². The Morgan fingerprint density at radius 3 is 2.50 bits per heavy atom. The number of carbonyl (C=O) groups is 1. The summed E-state index contributed by atoms with van der Waals surface area (Å²) in [5.41, 5.74) is 2.81. The summed E-state index contributed by atoms with van der Waals surface area (Å²) in [6.45, 7) is 0. The summed E-state index contributed by atoms with van der Waals surface area (Å²) in [7, 11) is 1.73. The molecule has 1 amide bonds. The Balaban J connectivity index is 1.81. The molecule has 0 saturated heterocycles. The molecule has 0 spiro atoms. The van der Waals surface area contributed by atoms with E-state index in [0.717, 1.165) is 17.1 Å². The lowest BCUT2D eigenvalue weighted by atomic mass is 10.2. The summed E-state index contributed by atoms with van der Waals surface area (Å²) in [5, 5.41) is 3.87. The van der Waals surface area contributed by atoms with Gasteiger partial charge in [-0.25, -0.2) is 0 Å². The minimum Gasteiger partial charge on any atom is -0.355 e. The molecule has 0 radical (unpaired) electrons. The molecule has 120 valence electrons. The number of hydrogen-bond acceptors (Lipinski definition) is 3. The van der Waals surface area contributed by atoms with Gasteiger partial charge in [0.25, 0.3) is 5.91 Å². The minimum atomic E-state index is -0.170. The maximum Gasteiger partial charge on any atom is 0.276 e. The molecule has 0 aliphatic rings. The number of benzene rings is 2. The molecular formula is C19H16ClN3O. The first-order valence-corrected chi connectivity index (χ1v) is 7.83. The summed E-state index contributed by atoms with van der Waals surface area (Å²) >= 11 is 5.99. The zero-order valence-electron chi connectivity index (χ0n) is 13.1. The van der Waals surface area contributed by atoms with Crippen LogP contribution in [-0.4, -0.2) is 17.9 Å². The Bertz CT molecular complexity index is 852. The highest BCUT2D eigenvalue weighted by molar-refractivity contribution is 6.30. The first-order chi connectivity index (χ1) is 11.6. The minimum absolute atomic E-state index is 0.170. The van der Waals surface area contributed by atoms with E-state index in [4.69, 9.17) is 11.6 Å². The number of rotatable bonds is 4. The van der Waals surface area contributed by atoms with Crippen LogP contribution >= 0.6 is 11.6 Å². The van der Waals surface area contributed by atoms with Gasteiger partial charge in [-0.05, 0) is 42.5 Å². The first kappa shape index (κ1) is 16.0. The molecular weight excluding hydrogens is 322 g/mol. The molecule has 0 atom stereocenters. The number of anilines is 3. The Morgan fingerprint density at radius 2 is 1.75 bits per heavy atom. The van der Waals surface area contributed by atoms with Crippen molar-refractivity contribution in [2.45, 2.75) is 0 Å². The van der Waals surface area contributed by atoms with Crippen molar-refractivity contribution in [1.82, 2.24) is 4.98 Å². The molecule has 3 rings (SSSR count). The van der Waals surface area contributed by atoms with Crippen LogP contribution in [0.4, 0.5) is 17.1 Å². The summed E-state index contributed by atoms with van der Waals surface area (Å²) in [6.07, 6.45) is 1.61. The van der Waals surface area contributed by atoms with E-state index < -0.39 is 0 Å². The quantitative estimate of drug-likeness (QED) is 0.746. The average molecular weight is 338 g/mol. The number of nitrogens with one attached hydrogen (secondary N) is 1. The number of aromatic nitrogens is 1. The number of halogens is 1. The van der Waals surface area contributed by atoms with E-state index in [1.807, 2.05) is 54.6 Å². The van der Waals surface area contributed by atoms with Crippen LogP contribution in [0.5, 0.6) is 0 Å². The Morgan fingerprint density at radius 1 is 1.00 bits per heavy atom. The molecule has 2 aromatic carbocycles. The molecule has 0 bridgehead atoms. The van der Waals surface area contributed by atoms with Crippen LogP contribution in [-0.2, 0) is 0 Å². The number of nitrogens with zero attached hydrogens (tertiary/aromatic N) is 2. The fraction of sp³-hybridized carbons (Fsp3) is 0.0526. The number of hydrogen-bond donors (Lipinski definition) is 1. The van der Waals surface area contributed by atoms with Gasteiger partial charge in [0.05, 0.1) is 0 Å². The van der Waals surface area contributed by atoms with Crippen LogP contribution in [0.25, 0.3) is 0 Å². The molecule has 3 aromatic rings. The van der Waals surface area contributed by atoms with Crippen molar-refractivity contribution in [1.29, 1.82) is 0 Å². The lowest BCUT2D eigenvalue weighted by Crippen LogP contribution is -2.27. The van der Waals surface area contributed by atoms with Gasteiger partial charge in [-0.15, -0.1) is 0 Å². The standard InChI is InChI=1S/C19H16ClN3O/c1-23(17-8-3-2-4-9-17)19(24)18-13-16(10-11-21-18)22-15-7-5-6-14(20)12-15/h2-13H,1H3,(H,21,22). The predicted octanol–water partition coefficient (Wildman–Crippen LogP) is 4.76. The van der Waals surface area contributed by atoms with Gasteiger partial charge in [0.1, 0.15) is 5.69 Å². The zero-order valence-corrected chi connectivity index (χ0v) is 13.9. The highest BCUT2D eigenvalue weighted by Crippen LogP contribution is 2.21. The van der Waals surface area contributed by atoms with Gasteiger partial charge in [-0.2, -0.15) is 0 Å². The fourth-order valence-corrected chi connectivity index (χ4v) is 2.49. The van der Waals surface area contributed by atoms with E-state index in [9.17, 15) is 4.79 Å². The highest BCUT2D eigenvalue weighted by atomic mass is 35.5. The number of amides is 1. The van der Waals surface area contributed by atoms with Crippen LogP contribution in [0.3, 0.4) is 0 Å². The summed E-state index contributed by atoms with van der Waals surface area (Å²) in [6, 6.07) is 20.4. The molecule has 1 aromatic heterocycles. The SMILES string of the molecule is CN(C(=O)c1cc(Nc2cccc(Cl)c2)ccn1)c1ccccc1. The molecule has 1 heterocycles. The van der Waals surface area contributed by atoms with Crippen molar-refractivity contribution in [3.05, 3.63) is 83.6 Å². The predicted molar refractivity (Wildman–Crippen MR) is 98.1 cm³/mol. The second kappa shape index (κ2) is 7.15. The number of pyridine rings is 1. The summed E-state index contributed by atoms with van der Waals surface area (Å²) in [5.74, 6) is -0.170. The second-order valence-electron chi connectivity index (χ2n) is 5.26. The molecule has 4 nitrogen and oxygen atoms in total. The molecule has 0 aliphatic heterocycles. The van der Waals surface area contributed by atoms with Gasteiger partial charge in [-0.1, -0.05) is 35.9 Å². The average Bonchev–Trinajstić information content (AvgIpc) is 2.61. The van der Waals surface area contributed by atoms with Crippen molar-refractivity contribution >= 4 is 34.6 Å². The first-order valence-electron chi connectivity index (χ1n) is 7.45. The van der Waals surface area contributed by atoms with E-state index >= 15 is 0 Å². The summed E-state index contributed by atoms with van der Waals surface area (Å²) in [4.78, 5) is 18.4. The lowest BCUT2D eigenvalue weighted by Gasteiger charge is -2.17. The van der Waals surface area contributed by atoms with Gasteiger partial charge in [0.15, 0.2) is 0 Å². The van der Waals surface area contributed by atoms with E-state index in [-0.39, 0.29) is 5.91 Å². The van der Waals surface area contributed by atoms with Crippen LogP contribution in [0.2, 0.25) is 5.02 Å². The Hall–Kier alpha value is -2.85. The third-order valence-corrected chi connectivity index (χ3v) is 3.78. The third-order valence-electron chi connectivity index (χ3n) is 3.54. The van der Waals surface area contributed by atoms with Crippen molar-refractivity contribution in [2.24, 2.45) is 0 Å². The fourth-order valence-electron chi connectivity index (χ4n) is 2.30. The second-order valence-corrected chi connectivity index (χ2v) is 5.70. The molecule has 5 heteroatoms. The molecule has 1 N–H and O–H groups in total. The molecule has 0 saturated carbocycles. The van der Waals surface area contributed by atoms with Crippen molar-refractivity contribution < 1.29 is 4.79 Å². The number of carbonyl (C=O) groups excluding carboxylic acids is 1. The van der Waals surface area contributed by atoms with E-state index in [0.29, 0.717) is 10.7 Å². The number of para-hydroxylation sites is 1. The molecule has 24 heavy (non-hydrogen) atoms. The van der Waals surface area contributed by atoms with Crippen LogP contribution in [0, 0.1) is 0 Å². The van der Waals surface area contributed by atoms with Gasteiger partial charge in [0, 0.05) is 35.3 Å². The monoisotopic (exact) mass is 337 g/mol. The molecule has 0 aliphatic carbocycles. The Labute approximate surface area is 145 Å². The van der Waals surface area contributed by atoms with Gasteiger partial charge in [0.2, 0.25) is 0 Å². The van der Waals surface area contributed by atoms with E-state index in [1.165, 1.54) is 0 Å². The smallest absolute Gasteiger partial charge is 0.276 e.